The van der Waals surface area contributed by atoms with Crippen molar-refractivity contribution in [1.29, 1.82) is 0 Å². The minimum Gasteiger partial charge on any atom is -0.489 e. The molecule has 0 aliphatic rings. The molecule has 156 valence electrons. The molecule has 0 unspecified atom stereocenters. The van der Waals surface area contributed by atoms with E-state index in [4.69, 9.17) is 20.9 Å². The van der Waals surface area contributed by atoms with Crippen molar-refractivity contribution < 1.29 is 9.47 Å². The number of aromatic nitrogens is 3. The van der Waals surface area contributed by atoms with Crippen molar-refractivity contribution in [3.8, 4) is 16.9 Å². The van der Waals surface area contributed by atoms with Crippen molar-refractivity contribution in [2.45, 2.75) is 19.8 Å². The maximum Gasteiger partial charge on any atom is 0.222 e. The van der Waals surface area contributed by atoms with Crippen molar-refractivity contribution in [3.63, 3.8) is 0 Å². The summed E-state index contributed by atoms with van der Waals surface area (Å²) >= 11 is 0. The number of nitrogens with two attached hydrogens (primary N) is 2. The van der Waals surface area contributed by atoms with Gasteiger partial charge in [0.1, 0.15) is 18.2 Å². The van der Waals surface area contributed by atoms with E-state index in [2.05, 4.69) is 15.0 Å². The van der Waals surface area contributed by atoms with E-state index >= 15 is 0 Å². The van der Waals surface area contributed by atoms with Crippen LogP contribution in [0.4, 0.5) is 11.8 Å². The minimum absolute atomic E-state index is 0.121. The molecule has 0 amide bonds. The fourth-order valence-corrected chi connectivity index (χ4v) is 3.17. The number of anilines is 2. The molecule has 7 nitrogen and oxygen atoms in total. The smallest absolute Gasteiger partial charge is 0.222 e. The van der Waals surface area contributed by atoms with Crippen LogP contribution >= 0.6 is 0 Å². The van der Waals surface area contributed by atoms with Gasteiger partial charge in [0.15, 0.2) is 0 Å². The van der Waals surface area contributed by atoms with Crippen LogP contribution in [0.3, 0.4) is 0 Å². The molecule has 0 fully saturated rings. The Kier molecular flexibility index (Phi) is 6.35. The van der Waals surface area contributed by atoms with Crippen molar-refractivity contribution in [3.05, 3.63) is 95.9 Å². The van der Waals surface area contributed by atoms with Gasteiger partial charge in [0.05, 0.1) is 18.9 Å². The topological polar surface area (TPSA) is 109 Å². The van der Waals surface area contributed by atoms with E-state index in [1.165, 1.54) is 0 Å². The number of hydrogen-bond acceptors (Lipinski definition) is 7. The molecule has 2 heterocycles. The highest BCUT2D eigenvalue weighted by Gasteiger charge is 2.14. The van der Waals surface area contributed by atoms with Gasteiger partial charge >= 0.3 is 0 Å². The summed E-state index contributed by atoms with van der Waals surface area (Å²) in [7, 11) is 0. The van der Waals surface area contributed by atoms with Gasteiger partial charge in [-0.1, -0.05) is 48.5 Å². The third-order valence-corrected chi connectivity index (χ3v) is 4.65. The molecule has 0 radical (unpaired) electrons. The third-order valence-electron chi connectivity index (χ3n) is 4.65. The zero-order valence-corrected chi connectivity index (χ0v) is 16.9. The van der Waals surface area contributed by atoms with E-state index in [-0.39, 0.29) is 12.6 Å². The summed E-state index contributed by atoms with van der Waals surface area (Å²) in [5, 5.41) is 0. The first-order valence-corrected chi connectivity index (χ1v) is 9.85. The molecule has 0 saturated carbocycles. The summed E-state index contributed by atoms with van der Waals surface area (Å²) in [4.78, 5) is 12.6. The van der Waals surface area contributed by atoms with Crippen molar-refractivity contribution in [2.75, 3.05) is 11.5 Å². The number of nitrogen functional groups attached to an aromatic ring is 2. The summed E-state index contributed by atoms with van der Waals surface area (Å²) in [6.07, 6.45) is 3.51. The Labute approximate surface area is 180 Å². The van der Waals surface area contributed by atoms with Crippen LogP contribution < -0.4 is 16.2 Å². The second-order valence-electron chi connectivity index (χ2n) is 6.94. The average Bonchev–Trinajstić information content (AvgIpc) is 2.79. The quantitative estimate of drug-likeness (QED) is 0.449. The standard InChI is InChI=1S/C24H23N5O2/c25-23-22(19-8-10-20(11-9-19)31-15-18-7-4-12-27-13-18)21(28-24(26)29-23)16-30-14-17-5-2-1-3-6-17/h1-13H,14-16H2,(H4,25,26,28,29). The number of benzene rings is 2. The predicted molar refractivity (Wildman–Crippen MR) is 120 cm³/mol. The first kappa shape index (κ1) is 20.3. The molecule has 0 aliphatic heterocycles. The van der Waals surface area contributed by atoms with E-state index in [0.717, 1.165) is 22.4 Å². The van der Waals surface area contributed by atoms with Crippen LogP contribution in [0.5, 0.6) is 5.75 Å². The van der Waals surface area contributed by atoms with E-state index in [1.54, 1.807) is 12.4 Å². The summed E-state index contributed by atoms with van der Waals surface area (Å²) in [6.45, 7) is 1.17. The molecule has 0 bridgehead atoms. The minimum atomic E-state index is 0.121. The Morgan fingerprint density at radius 3 is 2.26 bits per heavy atom. The van der Waals surface area contributed by atoms with Crippen molar-refractivity contribution in [2.24, 2.45) is 0 Å². The molecule has 0 saturated heterocycles. The highest BCUT2D eigenvalue weighted by molar-refractivity contribution is 5.77. The molecule has 2 aromatic carbocycles. The maximum atomic E-state index is 6.18. The monoisotopic (exact) mass is 413 g/mol. The maximum absolute atomic E-state index is 6.18. The molecule has 2 aromatic heterocycles. The Bertz CT molecular complexity index is 1120. The highest BCUT2D eigenvalue weighted by atomic mass is 16.5. The Morgan fingerprint density at radius 2 is 1.52 bits per heavy atom. The lowest BCUT2D eigenvalue weighted by Gasteiger charge is -2.13. The van der Waals surface area contributed by atoms with Gasteiger partial charge in [-0.15, -0.1) is 0 Å². The molecular weight excluding hydrogens is 390 g/mol. The van der Waals surface area contributed by atoms with Crippen molar-refractivity contribution >= 4 is 11.8 Å². The number of hydrogen-bond donors (Lipinski definition) is 2. The normalized spacial score (nSPS) is 10.7. The van der Waals surface area contributed by atoms with Gasteiger partial charge in [0.25, 0.3) is 0 Å². The largest absolute Gasteiger partial charge is 0.489 e. The van der Waals surface area contributed by atoms with Gasteiger partial charge in [0, 0.05) is 23.5 Å². The van der Waals surface area contributed by atoms with Crippen LogP contribution in [0.25, 0.3) is 11.1 Å². The molecule has 0 atom stereocenters. The third kappa shape index (κ3) is 5.34. The van der Waals surface area contributed by atoms with Gasteiger partial charge in [-0.3, -0.25) is 4.98 Å². The Morgan fingerprint density at radius 1 is 0.742 bits per heavy atom. The molecule has 4 aromatic rings. The van der Waals surface area contributed by atoms with Crippen LogP contribution in [0.1, 0.15) is 16.8 Å². The summed E-state index contributed by atoms with van der Waals surface area (Å²) in [6, 6.07) is 21.4. The lowest BCUT2D eigenvalue weighted by Crippen LogP contribution is -2.08. The first-order chi connectivity index (χ1) is 15.2. The molecule has 4 N–H and O–H groups in total. The number of pyridine rings is 1. The zero-order chi connectivity index (χ0) is 21.5. The number of rotatable bonds is 8. The van der Waals surface area contributed by atoms with E-state index in [1.807, 2.05) is 66.7 Å². The lowest BCUT2D eigenvalue weighted by molar-refractivity contribution is 0.105. The number of ether oxygens (including phenoxy) is 2. The van der Waals surface area contributed by atoms with Gasteiger partial charge < -0.3 is 20.9 Å². The molecule has 7 heteroatoms. The molecule has 0 spiro atoms. The van der Waals surface area contributed by atoms with Crippen LogP contribution in [-0.2, 0) is 24.6 Å². The van der Waals surface area contributed by atoms with Gasteiger partial charge in [-0.05, 0) is 29.3 Å². The van der Waals surface area contributed by atoms with Crippen LogP contribution in [-0.4, -0.2) is 15.0 Å². The van der Waals surface area contributed by atoms with Crippen LogP contribution in [0, 0.1) is 0 Å². The second-order valence-corrected chi connectivity index (χ2v) is 6.94. The predicted octanol–water partition coefficient (Wildman–Crippen LogP) is 4.00. The first-order valence-electron chi connectivity index (χ1n) is 9.85. The molecule has 31 heavy (non-hydrogen) atoms. The van der Waals surface area contributed by atoms with E-state index in [9.17, 15) is 0 Å². The van der Waals surface area contributed by atoms with Gasteiger partial charge in [0.2, 0.25) is 5.95 Å². The van der Waals surface area contributed by atoms with E-state index < -0.39 is 0 Å². The van der Waals surface area contributed by atoms with Crippen molar-refractivity contribution in [1.82, 2.24) is 15.0 Å². The Hall–Kier alpha value is -3.97. The number of nitrogens with zero attached hydrogens (tertiary/aromatic N) is 3. The summed E-state index contributed by atoms with van der Waals surface area (Å²) < 4.78 is 11.7. The van der Waals surface area contributed by atoms with Gasteiger partial charge in [-0.2, -0.15) is 4.98 Å². The zero-order valence-electron chi connectivity index (χ0n) is 16.9. The fraction of sp³-hybridized carbons (Fsp3) is 0.125. The highest BCUT2D eigenvalue weighted by Crippen LogP contribution is 2.30. The Balaban J connectivity index is 1.48. The fourth-order valence-electron chi connectivity index (χ4n) is 3.17. The SMILES string of the molecule is Nc1nc(N)c(-c2ccc(OCc3cccnc3)cc2)c(COCc2ccccc2)n1. The van der Waals surface area contributed by atoms with Crippen LogP contribution in [0.2, 0.25) is 0 Å². The van der Waals surface area contributed by atoms with E-state index in [0.29, 0.717) is 30.3 Å². The second kappa shape index (κ2) is 9.69. The lowest BCUT2D eigenvalue weighted by atomic mass is 10.0. The van der Waals surface area contributed by atoms with Crippen LogP contribution in [0.15, 0.2) is 79.1 Å². The average molecular weight is 413 g/mol. The van der Waals surface area contributed by atoms with Gasteiger partial charge in [-0.25, -0.2) is 4.98 Å². The summed E-state index contributed by atoms with van der Waals surface area (Å²) in [5.41, 5.74) is 16.3. The molecular formula is C24H23N5O2. The molecule has 4 rings (SSSR count). The molecule has 0 aliphatic carbocycles. The summed E-state index contributed by atoms with van der Waals surface area (Å²) in [5.74, 6) is 1.18.